The van der Waals surface area contributed by atoms with E-state index >= 15 is 0 Å². The smallest absolute Gasteiger partial charge is 0.248 e. The summed E-state index contributed by atoms with van der Waals surface area (Å²) >= 11 is 1.02. The second kappa shape index (κ2) is 6.03. The molecule has 2 aromatic heterocycles. The molecule has 2 heterocycles. The second-order valence-electron chi connectivity index (χ2n) is 4.59. The standard InChI is InChI=1S/C11H13N9O2S2/c1-14-8-9(19-23-18-8)20-10(12)16-11(17-20)15-6-2-4-7(5-3-6)24(13,21)22/h2-5H,1H3,(H,14,18)(H2,13,21,22)(H3,12,15,16,17). The quantitative estimate of drug-likeness (QED) is 0.490. The summed E-state index contributed by atoms with van der Waals surface area (Å²) < 4.78 is 32.0. The molecular weight excluding hydrogens is 354 g/mol. The second-order valence-corrected chi connectivity index (χ2v) is 6.68. The Labute approximate surface area is 141 Å². The number of nitrogen functional groups attached to an aromatic ring is 1. The molecule has 0 atom stereocenters. The monoisotopic (exact) mass is 367 g/mol. The van der Waals surface area contributed by atoms with Gasteiger partial charge in [0.2, 0.25) is 27.7 Å². The number of primary sulfonamides is 1. The minimum atomic E-state index is -3.74. The molecule has 11 nitrogen and oxygen atoms in total. The number of nitrogens with zero attached hydrogens (tertiary/aromatic N) is 5. The molecular formula is C11H13N9O2S2. The average molecular weight is 367 g/mol. The van der Waals surface area contributed by atoms with Gasteiger partial charge in [0.1, 0.15) is 0 Å². The Bertz CT molecular complexity index is 962. The Morgan fingerprint density at radius 3 is 2.54 bits per heavy atom. The highest BCUT2D eigenvalue weighted by Gasteiger charge is 2.16. The van der Waals surface area contributed by atoms with E-state index in [-0.39, 0.29) is 16.8 Å². The first-order chi connectivity index (χ1) is 11.4. The highest BCUT2D eigenvalue weighted by Crippen LogP contribution is 2.22. The fourth-order valence-electron chi connectivity index (χ4n) is 1.87. The van der Waals surface area contributed by atoms with Crippen LogP contribution >= 0.6 is 11.7 Å². The van der Waals surface area contributed by atoms with Crippen LogP contribution in [0.4, 0.5) is 23.4 Å². The lowest BCUT2D eigenvalue weighted by Gasteiger charge is -2.03. The van der Waals surface area contributed by atoms with Crippen molar-refractivity contribution in [2.24, 2.45) is 5.14 Å². The van der Waals surface area contributed by atoms with Crippen molar-refractivity contribution in [2.75, 3.05) is 23.4 Å². The SMILES string of the molecule is CNc1nsnc1-n1nc(Nc2ccc(S(N)(=O)=O)cc2)nc1N. The van der Waals surface area contributed by atoms with Crippen LogP contribution in [-0.4, -0.2) is 39.0 Å². The molecule has 1 aromatic carbocycles. The molecule has 0 aliphatic carbocycles. The largest absolute Gasteiger partial charge is 0.369 e. The molecule has 0 spiro atoms. The molecule has 3 rings (SSSR count). The van der Waals surface area contributed by atoms with Crippen molar-refractivity contribution < 1.29 is 8.42 Å². The number of rotatable bonds is 5. The summed E-state index contributed by atoms with van der Waals surface area (Å²) in [7, 11) is -2.03. The topological polar surface area (TPSA) is 167 Å². The van der Waals surface area contributed by atoms with Gasteiger partial charge in [-0.1, -0.05) is 0 Å². The van der Waals surface area contributed by atoms with Gasteiger partial charge in [-0.2, -0.15) is 18.4 Å². The van der Waals surface area contributed by atoms with E-state index in [0.717, 1.165) is 11.7 Å². The predicted molar refractivity (Wildman–Crippen MR) is 89.9 cm³/mol. The van der Waals surface area contributed by atoms with Gasteiger partial charge in [-0.15, -0.1) is 5.10 Å². The normalized spacial score (nSPS) is 11.4. The molecule has 6 N–H and O–H groups in total. The van der Waals surface area contributed by atoms with Crippen molar-refractivity contribution in [3.63, 3.8) is 0 Å². The van der Waals surface area contributed by atoms with Crippen molar-refractivity contribution in [1.82, 2.24) is 23.5 Å². The Kier molecular flexibility index (Phi) is 4.04. The number of nitrogens with two attached hydrogens (primary N) is 2. The summed E-state index contributed by atoms with van der Waals surface area (Å²) in [6.45, 7) is 0. The van der Waals surface area contributed by atoms with E-state index in [4.69, 9.17) is 10.9 Å². The summed E-state index contributed by atoms with van der Waals surface area (Å²) in [6, 6.07) is 5.84. The minimum Gasteiger partial charge on any atom is -0.369 e. The first-order valence-electron chi connectivity index (χ1n) is 6.51. The maximum absolute atomic E-state index is 11.2. The summed E-state index contributed by atoms with van der Waals surface area (Å²) in [5.41, 5.74) is 6.43. The van der Waals surface area contributed by atoms with Gasteiger partial charge >= 0.3 is 0 Å². The van der Waals surface area contributed by atoms with Crippen molar-refractivity contribution in [3.8, 4) is 5.82 Å². The Morgan fingerprint density at radius 2 is 1.92 bits per heavy atom. The highest BCUT2D eigenvalue weighted by atomic mass is 32.2. The van der Waals surface area contributed by atoms with Crippen LogP contribution in [-0.2, 0) is 10.0 Å². The Balaban J connectivity index is 1.86. The van der Waals surface area contributed by atoms with Crippen LogP contribution in [0.25, 0.3) is 5.82 Å². The van der Waals surface area contributed by atoms with E-state index in [0.29, 0.717) is 17.3 Å². The van der Waals surface area contributed by atoms with Crippen molar-refractivity contribution in [1.29, 1.82) is 0 Å². The van der Waals surface area contributed by atoms with Gasteiger partial charge in [-0.3, -0.25) is 0 Å². The molecule has 13 heteroatoms. The Morgan fingerprint density at radius 1 is 1.21 bits per heavy atom. The van der Waals surface area contributed by atoms with Gasteiger partial charge in [-0.05, 0) is 24.3 Å². The highest BCUT2D eigenvalue weighted by molar-refractivity contribution is 7.89. The number of hydrogen-bond acceptors (Lipinski definition) is 10. The van der Waals surface area contributed by atoms with Crippen LogP contribution in [0.5, 0.6) is 0 Å². The zero-order valence-corrected chi connectivity index (χ0v) is 14.0. The van der Waals surface area contributed by atoms with Gasteiger partial charge < -0.3 is 16.4 Å². The first kappa shape index (κ1) is 16.1. The molecule has 24 heavy (non-hydrogen) atoms. The minimum absolute atomic E-state index is 0.0123. The third-order valence-corrected chi connectivity index (χ3v) is 4.43. The summed E-state index contributed by atoms with van der Waals surface area (Å²) in [5.74, 6) is 1.32. The molecule has 0 saturated carbocycles. The van der Waals surface area contributed by atoms with E-state index in [9.17, 15) is 8.42 Å². The maximum Gasteiger partial charge on any atom is 0.248 e. The molecule has 0 unspecified atom stereocenters. The van der Waals surface area contributed by atoms with E-state index < -0.39 is 10.0 Å². The summed E-state index contributed by atoms with van der Waals surface area (Å²) in [5, 5.41) is 15.1. The molecule has 0 fully saturated rings. The number of aromatic nitrogens is 5. The van der Waals surface area contributed by atoms with Crippen LogP contribution in [0.3, 0.4) is 0 Å². The molecule has 0 aliphatic heterocycles. The Hall–Kier alpha value is -2.77. The number of anilines is 4. The van der Waals surface area contributed by atoms with Crippen LogP contribution in [0.1, 0.15) is 0 Å². The maximum atomic E-state index is 11.2. The van der Waals surface area contributed by atoms with Crippen molar-refractivity contribution in [2.45, 2.75) is 4.90 Å². The molecule has 3 aromatic rings. The predicted octanol–water partition coefficient (Wildman–Crippen LogP) is 0.134. The number of benzene rings is 1. The zero-order valence-electron chi connectivity index (χ0n) is 12.3. The summed E-state index contributed by atoms with van der Waals surface area (Å²) in [4.78, 5) is 4.11. The lowest BCUT2D eigenvalue weighted by Crippen LogP contribution is -2.11. The fraction of sp³-hybridized carbons (Fsp3) is 0.0909. The van der Waals surface area contributed by atoms with E-state index in [1.54, 1.807) is 19.2 Å². The van der Waals surface area contributed by atoms with Crippen molar-refractivity contribution in [3.05, 3.63) is 24.3 Å². The molecule has 0 radical (unpaired) electrons. The average Bonchev–Trinajstić information content (AvgIpc) is 3.12. The van der Waals surface area contributed by atoms with E-state index in [1.807, 2.05) is 0 Å². The van der Waals surface area contributed by atoms with Crippen LogP contribution < -0.4 is 21.5 Å². The van der Waals surface area contributed by atoms with E-state index in [1.165, 1.54) is 16.8 Å². The molecule has 0 saturated heterocycles. The van der Waals surface area contributed by atoms with Gasteiger partial charge in [0, 0.05) is 12.7 Å². The van der Waals surface area contributed by atoms with Crippen LogP contribution in [0.2, 0.25) is 0 Å². The third kappa shape index (κ3) is 3.12. The fourth-order valence-corrected chi connectivity index (χ4v) is 2.92. The number of sulfonamides is 1. The first-order valence-corrected chi connectivity index (χ1v) is 8.79. The molecule has 0 amide bonds. The van der Waals surface area contributed by atoms with Gasteiger partial charge in [0.15, 0.2) is 5.82 Å². The zero-order chi connectivity index (χ0) is 17.3. The summed E-state index contributed by atoms with van der Waals surface area (Å²) in [6.07, 6.45) is 0. The van der Waals surface area contributed by atoms with Gasteiger partial charge in [-0.25, -0.2) is 13.6 Å². The number of nitrogens with one attached hydrogen (secondary N) is 2. The lowest BCUT2D eigenvalue weighted by molar-refractivity contribution is 0.598. The molecule has 126 valence electrons. The van der Waals surface area contributed by atoms with Crippen molar-refractivity contribution >= 4 is 45.2 Å². The third-order valence-electron chi connectivity index (χ3n) is 2.98. The number of hydrogen-bond donors (Lipinski definition) is 4. The van der Waals surface area contributed by atoms with Crippen LogP contribution in [0, 0.1) is 0 Å². The lowest BCUT2D eigenvalue weighted by atomic mass is 10.3. The van der Waals surface area contributed by atoms with Gasteiger partial charge in [0.25, 0.3) is 0 Å². The molecule has 0 aliphatic rings. The van der Waals surface area contributed by atoms with E-state index in [2.05, 4.69) is 29.5 Å². The van der Waals surface area contributed by atoms with Crippen LogP contribution in [0.15, 0.2) is 29.2 Å². The molecule has 0 bridgehead atoms. The van der Waals surface area contributed by atoms with Gasteiger partial charge in [0.05, 0.1) is 16.6 Å².